The molecule has 0 spiro atoms. The molecule has 3 N–H and O–H groups in total. The molecule has 0 aromatic carbocycles. The largest absolute Gasteiger partial charge is 0.388 e. The van der Waals surface area contributed by atoms with E-state index in [-0.39, 0.29) is 4.99 Å². The summed E-state index contributed by atoms with van der Waals surface area (Å²) in [5, 5.41) is 3.28. The average Bonchev–Trinajstić information content (AvgIpc) is 2.88. The molecule has 18 heavy (non-hydrogen) atoms. The molecule has 4 nitrogen and oxygen atoms in total. The standard InChI is InChI=1S/C13H20N4S/c14-13(18)11-8-17-12(9-16-11)15-7-3-6-10-4-1-2-5-10/h8-10H,1-7H2,(H2,14,18)(H,15,17). The normalized spacial score (nSPS) is 15.8. The number of aromatic nitrogens is 2. The Balaban J connectivity index is 1.68. The van der Waals surface area contributed by atoms with E-state index in [4.69, 9.17) is 18.0 Å². The van der Waals surface area contributed by atoms with Gasteiger partial charge in [0.25, 0.3) is 0 Å². The Labute approximate surface area is 113 Å². The number of thiocarbonyl (C=S) groups is 1. The molecule has 1 aromatic heterocycles. The summed E-state index contributed by atoms with van der Waals surface area (Å²) in [6.45, 7) is 0.956. The predicted molar refractivity (Wildman–Crippen MR) is 77.6 cm³/mol. The van der Waals surface area contributed by atoms with Crippen LogP contribution in [-0.4, -0.2) is 21.5 Å². The van der Waals surface area contributed by atoms with E-state index in [1.54, 1.807) is 12.4 Å². The first-order valence-corrected chi connectivity index (χ1v) is 7.02. The Bertz CT molecular complexity index is 384. The molecule has 1 aromatic rings. The fourth-order valence-electron chi connectivity index (χ4n) is 2.45. The fraction of sp³-hybridized carbons (Fsp3) is 0.615. The first kappa shape index (κ1) is 13.2. The second-order valence-electron chi connectivity index (χ2n) is 4.87. The SMILES string of the molecule is NC(=S)c1cnc(NCCCC2CCCC2)cn1. The summed E-state index contributed by atoms with van der Waals surface area (Å²) in [6, 6.07) is 0. The number of hydrogen-bond acceptors (Lipinski definition) is 4. The molecule has 0 atom stereocenters. The van der Waals surface area contributed by atoms with Crippen LogP contribution in [0.5, 0.6) is 0 Å². The lowest BCUT2D eigenvalue weighted by atomic mass is 10.0. The van der Waals surface area contributed by atoms with Gasteiger partial charge >= 0.3 is 0 Å². The van der Waals surface area contributed by atoms with Crippen molar-refractivity contribution in [3.05, 3.63) is 18.1 Å². The Morgan fingerprint density at radius 3 is 2.72 bits per heavy atom. The van der Waals surface area contributed by atoms with Crippen LogP contribution in [0.4, 0.5) is 5.82 Å². The summed E-state index contributed by atoms with van der Waals surface area (Å²) in [5.41, 5.74) is 6.03. The first-order chi connectivity index (χ1) is 8.75. The molecule has 0 unspecified atom stereocenters. The zero-order valence-electron chi connectivity index (χ0n) is 10.6. The molecule has 1 saturated carbocycles. The molecule has 2 rings (SSSR count). The van der Waals surface area contributed by atoms with E-state index < -0.39 is 0 Å². The van der Waals surface area contributed by atoms with E-state index >= 15 is 0 Å². The highest BCUT2D eigenvalue weighted by atomic mass is 32.1. The van der Waals surface area contributed by atoms with Crippen LogP contribution < -0.4 is 11.1 Å². The quantitative estimate of drug-likeness (QED) is 0.610. The smallest absolute Gasteiger partial charge is 0.144 e. The van der Waals surface area contributed by atoms with Gasteiger partial charge in [0, 0.05) is 6.54 Å². The van der Waals surface area contributed by atoms with Gasteiger partial charge in [0.1, 0.15) is 16.5 Å². The van der Waals surface area contributed by atoms with E-state index in [0.717, 1.165) is 18.3 Å². The molecule has 0 bridgehead atoms. The lowest BCUT2D eigenvalue weighted by molar-refractivity contribution is 0.491. The van der Waals surface area contributed by atoms with E-state index in [1.807, 2.05) is 0 Å². The van der Waals surface area contributed by atoms with Crippen molar-refractivity contribution in [3.63, 3.8) is 0 Å². The summed E-state index contributed by atoms with van der Waals surface area (Å²) in [6.07, 6.45) is 11.5. The van der Waals surface area contributed by atoms with Crippen LogP contribution in [0, 0.1) is 5.92 Å². The van der Waals surface area contributed by atoms with Gasteiger partial charge in [-0.1, -0.05) is 37.9 Å². The van der Waals surface area contributed by atoms with Gasteiger partial charge in [-0.25, -0.2) is 9.97 Å². The molecule has 0 aliphatic heterocycles. The van der Waals surface area contributed by atoms with Gasteiger partial charge in [0.2, 0.25) is 0 Å². The molecule has 1 heterocycles. The number of rotatable bonds is 6. The van der Waals surface area contributed by atoms with Crippen LogP contribution >= 0.6 is 12.2 Å². The molecular weight excluding hydrogens is 244 g/mol. The predicted octanol–water partition coefficient (Wildman–Crippen LogP) is 2.49. The Morgan fingerprint density at radius 2 is 2.11 bits per heavy atom. The van der Waals surface area contributed by atoms with Crippen molar-refractivity contribution in [1.82, 2.24) is 9.97 Å². The Hall–Kier alpha value is -1.23. The molecule has 1 fully saturated rings. The second-order valence-corrected chi connectivity index (χ2v) is 5.31. The molecule has 0 radical (unpaired) electrons. The number of nitrogens with two attached hydrogens (primary N) is 1. The van der Waals surface area contributed by atoms with Crippen LogP contribution in [0.1, 0.15) is 44.2 Å². The van der Waals surface area contributed by atoms with Gasteiger partial charge in [0.15, 0.2) is 0 Å². The van der Waals surface area contributed by atoms with Crippen molar-refractivity contribution >= 4 is 23.0 Å². The van der Waals surface area contributed by atoms with Crippen LogP contribution in [0.3, 0.4) is 0 Å². The molecule has 98 valence electrons. The lowest BCUT2D eigenvalue weighted by Gasteiger charge is -2.09. The first-order valence-electron chi connectivity index (χ1n) is 6.61. The molecule has 0 saturated heterocycles. The maximum atomic E-state index is 5.46. The van der Waals surface area contributed by atoms with E-state index in [2.05, 4.69) is 15.3 Å². The van der Waals surface area contributed by atoms with E-state index in [1.165, 1.54) is 38.5 Å². The van der Waals surface area contributed by atoms with Crippen molar-refractivity contribution in [2.75, 3.05) is 11.9 Å². The Morgan fingerprint density at radius 1 is 1.33 bits per heavy atom. The number of nitrogens with zero attached hydrogens (tertiary/aromatic N) is 2. The lowest BCUT2D eigenvalue weighted by Crippen LogP contribution is -2.13. The molecular formula is C13H20N4S. The van der Waals surface area contributed by atoms with Crippen LogP contribution in [0.15, 0.2) is 12.4 Å². The fourth-order valence-corrected chi connectivity index (χ4v) is 2.56. The third-order valence-corrected chi connectivity index (χ3v) is 3.68. The minimum absolute atomic E-state index is 0.287. The van der Waals surface area contributed by atoms with Crippen LogP contribution in [-0.2, 0) is 0 Å². The van der Waals surface area contributed by atoms with E-state index in [0.29, 0.717) is 5.69 Å². The van der Waals surface area contributed by atoms with Crippen molar-refractivity contribution in [1.29, 1.82) is 0 Å². The zero-order chi connectivity index (χ0) is 12.8. The van der Waals surface area contributed by atoms with Crippen LogP contribution in [0.25, 0.3) is 0 Å². The third-order valence-electron chi connectivity index (χ3n) is 3.47. The van der Waals surface area contributed by atoms with Crippen molar-refractivity contribution < 1.29 is 0 Å². The zero-order valence-corrected chi connectivity index (χ0v) is 11.4. The maximum Gasteiger partial charge on any atom is 0.144 e. The maximum absolute atomic E-state index is 5.46. The van der Waals surface area contributed by atoms with Gasteiger partial charge < -0.3 is 11.1 Å². The molecule has 1 aliphatic rings. The van der Waals surface area contributed by atoms with Gasteiger partial charge in [-0.05, 0) is 18.8 Å². The minimum atomic E-state index is 0.287. The molecule has 1 aliphatic carbocycles. The van der Waals surface area contributed by atoms with Crippen molar-refractivity contribution in [3.8, 4) is 0 Å². The summed E-state index contributed by atoms with van der Waals surface area (Å²) in [5.74, 6) is 1.75. The second kappa shape index (κ2) is 6.64. The monoisotopic (exact) mass is 264 g/mol. The van der Waals surface area contributed by atoms with Gasteiger partial charge in [-0.3, -0.25) is 0 Å². The van der Waals surface area contributed by atoms with Crippen molar-refractivity contribution in [2.24, 2.45) is 11.7 Å². The highest BCUT2D eigenvalue weighted by molar-refractivity contribution is 7.80. The molecule has 5 heteroatoms. The molecule has 0 amide bonds. The summed E-state index contributed by atoms with van der Waals surface area (Å²) < 4.78 is 0. The highest BCUT2D eigenvalue weighted by Crippen LogP contribution is 2.28. The number of nitrogens with one attached hydrogen (secondary N) is 1. The van der Waals surface area contributed by atoms with Gasteiger partial charge in [0.05, 0.1) is 12.4 Å². The summed E-state index contributed by atoms with van der Waals surface area (Å²) in [7, 11) is 0. The number of anilines is 1. The average molecular weight is 264 g/mol. The highest BCUT2D eigenvalue weighted by Gasteiger charge is 2.13. The topological polar surface area (TPSA) is 63.8 Å². The third kappa shape index (κ3) is 3.91. The van der Waals surface area contributed by atoms with Gasteiger partial charge in [-0.15, -0.1) is 0 Å². The minimum Gasteiger partial charge on any atom is -0.388 e. The Kier molecular flexibility index (Phi) is 4.87. The van der Waals surface area contributed by atoms with E-state index in [9.17, 15) is 0 Å². The van der Waals surface area contributed by atoms with Gasteiger partial charge in [-0.2, -0.15) is 0 Å². The van der Waals surface area contributed by atoms with Crippen LogP contribution in [0.2, 0.25) is 0 Å². The number of hydrogen-bond donors (Lipinski definition) is 2. The summed E-state index contributed by atoms with van der Waals surface area (Å²) in [4.78, 5) is 8.66. The summed E-state index contributed by atoms with van der Waals surface area (Å²) >= 11 is 4.83. The van der Waals surface area contributed by atoms with Crippen molar-refractivity contribution in [2.45, 2.75) is 38.5 Å².